The van der Waals surface area contributed by atoms with Crippen molar-refractivity contribution in [3.05, 3.63) is 29.8 Å². The van der Waals surface area contributed by atoms with E-state index in [1.807, 2.05) is 19.1 Å². The van der Waals surface area contributed by atoms with E-state index in [2.05, 4.69) is 17.6 Å². The van der Waals surface area contributed by atoms with Crippen molar-refractivity contribution in [2.75, 3.05) is 26.2 Å². The summed E-state index contributed by atoms with van der Waals surface area (Å²) in [6, 6.07) is 7.16. The number of rotatable bonds is 4. The number of carbonyl (C=O) groups is 1. The number of piperidine rings is 2. The van der Waals surface area contributed by atoms with Crippen LogP contribution in [0.15, 0.2) is 29.2 Å². The number of carbonyl (C=O) groups excluding carboxylic acids is 1. The number of aryl methyl sites for hydroxylation is 1. The monoisotopic (exact) mass is 379 g/mol. The zero-order chi connectivity index (χ0) is 18.7. The van der Waals surface area contributed by atoms with Crippen LogP contribution in [-0.2, 0) is 14.8 Å². The summed E-state index contributed by atoms with van der Waals surface area (Å²) in [5.74, 6) is 0.410. The van der Waals surface area contributed by atoms with Crippen molar-refractivity contribution in [1.29, 1.82) is 0 Å². The quantitative estimate of drug-likeness (QED) is 0.831. The summed E-state index contributed by atoms with van der Waals surface area (Å²) in [6.07, 6.45) is 2.11. The minimum Gasteiger partial charge on any atom is -0.353 e. The van der Waals surface area contributed by atoms with Crippen LogP contribution in [0, 0.1) is 18.8 Å². The third-order valence-electron chi connectivity index (χ3n) is 5.60. The third-order valence-corrected chi connectivity index (χ3v) is 7.51. The van der Waals surface area contributed by atoms with E-state index in [4.69, 9.17) is 0 Å². The van der Waals surface area contributed by atoms with Crippen molar-refractivity contribution in [1.82, 2.24) is 14.9 Å². The summed E-state index contributed by atoms with van der Waals surface area (Å²) in [5.41, 5.74) is 1.03. The zero-order valence-electron chi connectivity index (χ0n) is 15.6. The maximum Gasteiger partial charge on any atom is 0.243 e. The van der Waals surface area contributed by atoms with Crippen molar-refractivity contribution >= 4 is 15.9 Å². The second-order valence-corrected chi connectivity index (χ2v) is 9.51. The summed E-state index contributed by atoms with van der Waals surface area (Å²) in [7, 11) is -3.47. The summed E-state index contributed by atoms with van der Waals surface area (Å²) < 4.78 is 27.0. The number of hydrogen-bond acceptors (Lipinski definition) is 4. The minimum absolute atomic E-state index is 0.0798. The number of nitrogens with one attached hydrogen (secondary N) is 2. The van der Waals surface area contributed by atoms with Gasteiger partial charge < -0.3 is 10.6 Å². The fourth-order valence-corrected chi connectivity index (χ4v) is 5.22. The maximum absolute atomic E-state index is 12.8. The average Bonchev–Trinajstić information content (AvgIpc) is 2.64. The first kappa shape index (κ1) is 19.3. The van der Waals surface area contributed by atoms with Gasteiger partial charge in [-0.25, -0.2) is 8.42 Å². The van der Waals surface area contributed by atoms with E-state index in [1.165, 1.54) is 4.31 Å². The SMILES string of the molecule is Cc1ccc(S(=O)(=O)N2CCC(C(=O)NC3CCNCC3C)CC2)cc1. The Morgan fingerprint density at radius 3 is 2.42 bits per heavy atom. The Kier molecular flexibility index (Phi) is 5.99. The highest BCUT2D eigenvalue weighted by Gasteiger charge is 2.33. The molecule has 2 fully saturated rings. The van der Waals surface area contributed by atoms with Crippen LogP contribution >= 0.6 is 0 Å². The molecule has 7 heteroatoms. The van der Waals surface area contributed by atoms with Crippen molar-refractivity contribution in [2.24, 2.45) is 11.8 Å². The van der Waals surface area contributed by atoms with Crippen molar-refractivity contribution in [2.45, 2.75) is 44.0 Å². The molecule has 0 spiro atoms. The molecule has 0 saturated carbocycles. The fourth-order valence-electron chi connectivity index (χ4n) is 3.75. The smallest absolute Gasteiger partial charge is 0.243 e. The lowest BCUT2D eigenvalue weighted by Crippen LogP contribution is -2.51. The van der Waals surface area contributed by atoms with Gasteiger partial charge in [0, 0.05) is 25.0 Å². The first-order chi connectivity index (χ1) is 12.4. The molecular formula is C19H29N3O3S. The molecule has 0 aliphatic carbocycles. The lowest BCUT2D eigenvalue weighted by atomic mass is 9.92. The number of amides is 1. The molecule has 0 radical (unpaired) electrons. The Hall–Kier alpha value is -1.44. The molecule has 2 atom stereocenters. The van der Waals surface area contributed by atoms with Crippen LogP contribution in [0.3, 0.4) is 0 Å². The zero-order valence-corrected chi connectivity index (χ0v) is 16.4. The highest BCUT2D eigenvalue weighted by molar-refractivity contribution is 7.89. The second-order valence-electron chi connectivity index (χ2n) is 7.58. The van der Waals surface area contributed by atoms with Gasteiger partial charge in [-0.1, -0.05) is 24.6 Å². The predicted octanol–water partition coefficient (Wildman–Crippen LogP) is 1.51. The van der Waals surface area contributed by atoms with Crippen LogP contribution in [0.5, 0.6) is 0 Å². The van der Waals surface area contributed by atoms with Gasteiger partial charge in [0.05, 0.1) is 4.90 Å². The molecule has 26 heavy (non-hydrogen) atoms. The van der Waals surface area contributed by atoms with Gasteiger partial charge in [-0.15, -0.1) is 0 Å². The Morgan fingerprint density at radius 1 is 1.15 bits per heavy atom. The average molecular weight is 380 g/mol. The molecule has 2 N–H and O–H groups in total. The Bertz CT molecular complexity index is 725. The number of sulfonamides is 1. The summed E-state index contributed by atoms with van der Waals surface area (Å²) in [4.78, 5) is 12.9. The Balaban J connectivity index is 1.56. The maximum atomic E-state index is 12.8. The fraction of sp³-hybridized carbons (Fsp3) is 0.632. The van der Waals surface area contributed by atoms with E-state index in [0.29, 0.717) is 36.7 Å². The molecule has 3 rings (SSSR count). The van der Waals surface area contributed by atoms with Crippen molar-refractivity contribution < 1.29 is 13.2 Å². The normalized spacial score (nSPS) is 25.8. The van der Waals surface area contributed by atoms with E-state index in [0.717, 1.165) is 25.1 Å². The molecule has 2 heterocycles. The highest BCUT2D eigenvalue weighted by atomic mass is 32.2. The lowest BCUT2D eigenvalue weighted by Gasteiger charge is -2.34. The molecule has 1 amide bonds. The number of hydrogen-bond donors (Lipinski definition) is 2. The summed E-state index contributed by atoms with van der Waals surface area (Å²) in [6.45, 7) is 6.74. The first-order valence-electron chi connectivity index (χ1n) is 9.46. The molecular weight excluding hydrogens is 350 g/mol. The number of nitrogens with zero attached hydrogens (tertiary/aromatic N) is 1. The van der Waals surface area contributed by atoms with Gasteiger partial charge in [0.2, 0.25) is 15.9 Å². The molecule has 6 nitrogen and oxygen atoms in total. The van der Waals surface area contributed by atoms with Gasteiger partial charge in [-0.2, -0.15) is 4.31 Å². The summed E-state index contributed by atoms with van der Waals surface area (Å²) in [5, 5.41) is 6.52. The molecule has 1 aromatic rings. The van der Waals surface area contributed by atoms with E-state index < -0.39 is 10.0 Å². The molecule has 0 bridgehead atoms. The Labute approximate surface area is 156 Å². The van der Waals surface area contributed by atoms with E-state index in [-0.39, 0.29) is 17.9 Å². The molecule has 2 unspecified atom stereocenters. The van der Waals surface area contributed by atoms with Crippen LogP contribution < -0.4 is 10.6 Å². The lowest BCUT2D eigenvalue weighted by molar-refractivity contribution is -0.127. The van der Waals surface area contributed by atoms with Gasteiger partial charge in [-0.3, -0.25) is 4.79 Å². The molecule has 2 aliphatic rings. The van der Waals surface area contributed by atoms with Crippen molar-refractivity contribution in [3.8, 4) is 0 Å². The van der Waals surface area contributed by atoms with Gasteiger partial charge in [0.1, 0.15) is 0 Å². The van der Waals surface area contributed by atoms with Crippen LogP contribution in [0.25, 0.3) is 0 Å². The van der Waals surface area contributed by atoms with E-state index in [1.54, 1.807) is 12.1 Å². The minimum atomic E-state index is -3.47. The second kappa shape index (κ2) is 8.06. The Morgan fingerprint density at radius 2 is 1.81 bits per heavy atom. The van der Waals surface area contributed by atoms with Gasteiger partial charge in [0.25, 0.3) is 0 Å². The van der Waals surface area contributed by atoms with Crippen LogP contribution in [0.2, 0.25) is 0 Å². The van der Waals surface area contributed by atoms with Crippen LogP contribution in [0.1, 0.15) is 31.7 Å². The van der Waals surface area contributed by atoms with E-state index in [9.17, 15) is 13.2 Å². The van der Waals surface area contributed by atoms with Gasteiger partial charge in [0.15, 0.2) is 0 Å². The van der Waals surface area contributed by atoms with Crippen LogP contribution in [0.4, 0.5) is 0 Å². The van der Waals surface area contributed by atoms with Gasteiger partial charge in [-0.05, 0) is 57.3 Å². The first-order valence-corrected chi connectivity index (χ1v) is 10.9. The number of benzene rings is 1. The van der Waals surface area contributed by atoms with Crippen molar-refractivity contribution in [3.63, 3.8) is 0 Å². The van der Waals surface area contributed by atoms with Crippen LogP contribution in [-0.4, -0.2) is 50.9 Å². The summed E-state index contributed by atoms with van der Waals surface area (Å²) >= 11 is 0. The third kappa shape index (κ3) is 4.27. The highest BCUT2D eigenvalue weighted by Crippen LogP contribution is 2.24. The molecule has 1 aromatic carbocycles. The topological polar surface area (TPSA) is 78.5 Å². The largest absolute Gasteiger partial charge is 0.353 e. The van der Waals surface area contributed by atoms with Gasteiger partial charge >= 0.3 is 0 Å². The molecule has 2 aliphatic heterocycles. The standard InChI is InChI=1S/C19H29N3O3S/c1-14-3-5-17(6-4-14)26(24,25)22-11-8-16(9-12-22)19(23)21-18-7-10-20-13-15(18)2/h3-6,15-16,18,20H,7-13H2,1-2H3,(H,21,23). The molecule has 0 aromatic heterocycles. The molecule has 2 saturated heterocycles. The molecule has 144 valence electrons. The van der Waals surface area contributed by atoms with E-state index >= 15 is 0 Å². The predicted molar refractivity (Wildman–Crippen MR) is 101 cm³/mol.